The second-order valence-electron chi connectivity index (χ2n) is 1.73. The predicted octanol–water partition coefficient (Wildman–Crippen LogP) is -0.782. The summed E-state index contributed by atoms with van der Waals surface area (Å²) in [7, 11) is 0. The van der Waals surface area contributed by atoms with E-state index in [0.29, 0.717) is 5.78 Å². The van der Waals surface area contributed by atoms with Crippen molar-refractivity contribution in [1.82, 2.24) is 19.6 Å². The Labute approximate surface area is 55.3 Å². The summed E-state index contributed by atoms with van der Waals surface area (Å²) in [4.78, 5) is 18.4. The van der Waals surface area contributed by atoms with E-state index in [1.165, 1.54) is 17.0 Å². The van der Waals surface area contributed by atoms with Crippen molar-refractivity contribution in [3.05, 3.63) is 28.9 Å². The van der Waals surface area contributed by atoms with Crippen LogP contribution < -0.4 is 5.56 Å². The van der Waals surface area contributed by atoms with Crippen molar-refractivity contribution in [3.8, 4) is 0 Å². The minimum atomic E-state index is -0.275. The molecule has 49 valence electrons. The molecule has 0 saturated heterocycles. The Morgan fingerprint density at radius 3 is 3.30 bits per heavy atom. The summed E-state index contributed by atoms with van der Waals surface area (Å²) in [6, 6.07) is 2.39. The zero-order chi connectivity index (χ0) is 6.97. The first-order chi connectivity index (χ1) is 4.88. The zero-order valence-electron chi connectivity index (χ0n) is 4.90. The van der Waals surface area contributed by atoms with Crippen LogP contribution in [-0.2, 0) is 0 Å². The number of fused-ring (bicyclic) bond motifs is 1. The van der Waals surface area contributed by atoms with Gasteiger partial charge in [0.1, 0.15) is 6.33 Å². The van der Waals surface area contributed by atoms with Gasteiger partial charge in [0, 0.05) is 6.20 Å². The highest BCUT2D eigenvalue weighted by Crippen LogP contribution is 1.82. The van der Waals surface area contributed by atoms with Gasteiger partial charge in [-0.3, -0.25) is 9.89 Å². The molecule has 5 heteroatoms. The molecule has 0 unspecified atom stereocenters. The lowest BCUT2D eigenvalue weighted by Crippen LogP contribution is -2.12. The number of rotatable bonds is 0. The molecule has 2 aromatic heterocycles. The van der Waals surface area contributed by atoms with Crippen LogP contribution >= 0.6 is 0 Å². The van der Waals surface area contributed by atoms with E-state index in [1.807, 2.05) is 0 Å². The molecule has 0 aromatic carbocycles. The molecule has 0 atom stereocenters. The Kier molecular flexibility index (Phi) is 0.858. The lowest BCUT2D eigenvalue weighted by molar-refractivity contribution is 0.896. The number of aromatic nitrogens is 4. The topological polar surface area (TPSA) is 63.0 Å². The van der Waals surface area contributed by atoms with E-state index in [1.54, 1.807) is 0 Å². The molecule has 5 nitrogen and oxygen atoms in total. The molecule has 2 rings (SSSR count). The van der Waals surface area contributed by atoms with Crippen molar-refractivity contribution in [1.29, 1.82) is 0 Å². The Morgan fingerprint density at radius 1 is 1.60 bits per heavy atom. The van der Waals surface area contributed by atoms with E-state index in [-0.39, 0.29) is 5.56 Å². The molecule has 0 saturated carbocycles. The Hall–Kier alpha value is -1.65. The van der Waals surface area contributed by atoms with Crippen molar-refractivity contribution in [2.45, 2.75) is 0 Å². The number of nitrogens with zero attached hydrogens (tertiary/aromatic N) is 3. The lowest BCUT2D eigenvalue weighted by atomic mass is 10.7. The number of hydrogen-bond acceptors (Lipinski definition) is 3. The summed E-state index contributed by atoms with van der Waals surface area (Å²) in [5, 5.41) is 2.59. The number of H-pyrrole nitrogens is 1. The molecule has 0 spiro atoms. The van der Waals surface area contributed by atoms with Gasteiger partial charge in [0.05, 0.1) is 6.07 Å². The lowest BCUT2D eigenvalue weighted by Gasteiger charge is -1.84. The maximum atomic E-state index is 10.8. The van der Waals surface area contributed by atoms with Gasteiger partial charge in [0.25, 0.3) is 11.3 Å². The fraction of sp³-hybridized carbons (Fsp3) is 0. The molecule has 0 fully saturated rings. The molecule has 1 radical (unpaired) electrons. The first kappa shape index (κ1) is 5.16. The second-order valence-corrected chi connectivity index (χ2v) is 1.73. The summed E-state index contributed by atoms with van der Waals surface area (Å²) >= 11 is 0. The van der Waals surface area contributed by atoms with Crippen LogP contribution in [0.25, 0.3) is 5.78 Å². The summed E-state index contributed by atoms with van der Waals surface area (Å²) in [5.74, 6) is 0.365. The molecular weight excluding hydrogens is 132 g/mol. The average molecular weight is 135 g/mol. The first-order valence-electron chi connectivity index (χ1n) is 2.67. The summed E-state index contributed by atoms with van der Waals surface area (Å²) in [5.41, 5.74) is -0.275. The van der Waals surface area contributed by atoms with E-state index in [0.717, 1.165) is 0 Å². The smallest absolute Gasteiger partial charge is 0.278 e. The van der Waals surface area contributed by atoms with Crippen LogP contribution in [-0.4, -0.2) is 19.6 Å². The van der Waals surface area contributed by atoms with Crippen LogP contribution in [0.2, 0.25) is 0 Å². The zero-order valence-corrected chi connectivity index (χ0v) is 4.90. The highest BCUT2D eigenvalue weighted by atomic mass is 16.1. The third-order valence-corrected chi connectivity index (χ3v) is 1.14. The molecule has 2 aromatic rings. The van der Waals surface area contributed by atoms with Crippen molar-refractivity contribution >= 4 is 5.78 Å². The molecule has 10 heavy (non-hydrogen) atoms. The van der Waals surface area contributed by atoms with Crippen LogP contribution in [0.5, 0.6) is 0 Å². The van der Waals surface area contributed by atoms with Crippen molar-refractivity contribution < 1.29 is 0 Å². The van der Waals surface area contributed by atoms with Gasteiger partial charge in [-0.15, -0.1) is 0 Å². The normalized spacial score (nSPS) is 10.4. The van der Waals surface area contributed by atoms with Gasteiger partial charge in [-0.05, 0) is 0 Å². The van der Waals surface area contributed by atoms with E-state index in [9.17, 15) is 4.79 Å². The molecule has 2 heterocycles. The third-order valence-electron chi connectivity index (χ3n) is 1.14. The van der Waals surface area contributed by atoms with Crippen LogP contribution in [0.1, 0.15) is 0 Å². The van der Waals surface area contributed by atoms with Crippen molar-refractivity contribution in [3.63, 3.8) is 0 Å². The standard InChI is InChI=1S/C5H3N4O/c10-4-1-2-6-5-7-3-8-9(4)5/h2-3H,(H,6,7,8). The van der Waals surface area contributed by atoms with Crippen molar-refractivity contribution in [2.24, 2.45) is 0 Å². The number of aromatic amines is 1. The fourth-order valence-corrected chi connectivity index (χ4v) is 0.710. The van der Waals surface area contributed by atoms with Gasteiger partial charge >= 0.3 is 0 Å². The molecular formula is C5H3N4O. The van der Waals surface area contributed by atoms with Crippen LogP contribution in [0.4, 0.5) is 0 Å². The van der Waals surface area contributed by atoms with Gasteiger partial charge in [-0.1, -0.05) is 0 Å². The van der Waals surface area contributed by atoms with E-state index < -0.39 is 0 Å². The average Bonchev–Trinajstić information content (AvgIpc) is 2.36. The van der Waals surface area contributed by atoms with E-state index in [4.69, 9.17) is 0 Å². The van der Waals surface area contributed by atoms with Gasteiger partial charge in [0.2, 0.25) is 0 Å². The Bertz CT molecular complexity index is 401. The highest BCUT2D eigenvalue weighted by molar-refractivity contribution is 5.21. The third kappa shape index (κ3) is 0.540. The summed E-state index contributed by atoms with van der Waals surface area (Å²) in [6.45, 7) is 0. The Balaban J connectivity index is 3.09. The Morgan fingerprint density at radius 2 is 2.50 bits per heavy atom. The van der Waals surface area contributed by atoms with Crippen LogP contribution in [0, 0.1) is 6.07 Å². The number of hydrogen-bond donors (Lipinski definition) is 1. The van der Waals surface area contributed by atoms with Gasteiger partial charge in [-0.25, -0.2) is 9.97 Å². The maximum absolute atomic E-state index is 10.8. The quantitative estimate of drug-likeness (QED) is 0.515. The van der Waals surface area contributed by atoms with E-state index >= 15 is 0 Å². The minimum Gasteiger partial charge on any atom is -0.278 e. The molecule has 0 aliphatic heterocycles. The van der Waals surface area contributed by atoms with Crippen molar-refractivity contribution in [2.75, 3.05) is 0 Å². The number of nitrogens with one attached hydrogen (secondary N) is 1. The van der Waals surface area contributed by atoms with Gasteiger partial charge < -0.3 is 0 Å². The summed E-state index contributed by atoms with van der Waals surface area (Å²) < 4.78 is 1.21. The minimum absolute atomic E-state index is 0.275. The van der Waals surface area contributed by atoms with Crippen LogP contribution in [0.15, 0.2) is 17.3 Å². The molecule has 1 N–H and O–H groups in total. The molecule has 0 aliphatic carbocycles. The molecule has 0 aliphatic rings. The predicted molar refractivity (Wildman–Crippen MR) is 32.4 cm³/mol. The SMILES string of the molecule is O=c1[c]cnc2nc[nH]n12. The van der Waals surface area contributed by atoms with Gasteiger partial charge in [0.15, 0.2) is 0 Å². The maximum Gasteiger partial charge on any atom is 0.282 e. The molecule has 0 amide bonds. The summed E-state index contributed by atoms with van der Waals surface area (Å²) in [6.07, 6.45) is 2.70. The largest absolute Gasteiger partial charge is 0.282 e. The monoisotopic (exact) mass is 135 g/mol. The highest BCUT2D eigenvalue weighted by Gasteiger charge is 1.94. The van der Waals surface area contributed by atoms with Crippen LogP contribution in [0.3, 0.4) is 0 Å². The van der Waals surface area contributed by atoms with Gasteiger partial charge in [-0.2, -0.15) is 4.52 Å². The molecule has 0 bridgehead atoms. The van der Waals surface area contributed by atoms with E-state index in [2.05, 4.69) is 21.1 Å². The fourth-order valence-electron chi connectivity index (χ4n) is 0.710. The first-order valence-corrected chi connectivity index (χ1v) is 2.67. The second kappa shape index (κ2) is 1.66.